The van der Waals surface area contributed by atoms with Crippen LogP contribution in [0.25, 0.3) is 0 Å². The fraction of sp³-hybridized carbons (Fsp3) is 0.636. The number of nitrogens with zero attached hydrogens (tertiary/aromatic N) is 1. The summed E-state index contributed by atoms with van der Waals surface area (Å²) in [5, 5.41) is 3.78. The number of thiazole rings is 1. The van der Waals surface area contributed by atoms with Crippen LogP contribution in [0.3, 0.4) is 0 Å². The van der Waals surface area contributed by atoms with Crippen LogP contribution in [0.15, 0.2) is 6.20 Å². The topological polar surface area (TPSA) is 68.0 Å². The molecule has 1 aromatic heterocycles. The molecule has 90 valence electrons. The first kappa shape index (κ1) is 13.1. The lowest BCUT2D eigenvalue weighted by molar-refractivity contribution is 0.1000. The Kier molecular flexibility index (Phi) is 4.89. The van der Waals surface area contributed by atoms with Crippen LogP contribution in [0.4, 0.5) is 0 Å². The number of hydrogen-bond donors (Lipinski definition) is 2. The highest BCUT2D eigenvalue weighted by molar-refractivity contribution is 7.13. The zero-order valence-corrected chi connectivity index (χ0v) is 10.8. The molecule has 0 aromatic carbocycles. The van der Waals surface area contributed by atoms with Gasteiger partial charge in [0.1, 0.15) is 0 Å². The molecular weight excluding hydrogens is 222 g/mol. The lowest BCUT2D eigenvalue weighted by Crippen LogP contribution is -2.20. The summed E-state index contributed by atoms with van der Waals surface area (Å²) in [6, 6.07) is 0.226. The van der Waals surface area contributed by atoms with Gasteiger partial charge in [-0.25, -0.2) is 4.98 Å². The number of aromatic nitrogens is 1. The van der Waals surface area contributed by atoms with Gasteiger partial charge in [-0.15, -0.1) is 11.3 Å². The monoisotopic (exact) mass is 241 g/mol. The Morgan fingerprint density at radius 1 is 1.56 bits per heavy atom. The molecule has 16 heavy (non-hydrogen) atoms. The molecule has 0 saturated carbocycles. The zero-order chi connectivity index (χ0) is 12.1. The van der Waals surface area contributed by atoms with Gasteiger partial charge < -0.3 is 11.1 Å². The SMILES string of the molecule is CC(C)CCNC(C)c1cnc(C(N)=O)s1. The largest absolute Gasteiger partial charge is 0.364 e. The first-order chi connectivity index (χ1) is 7.50. The fourth-order valence-electron chi connectivity index (χ4n) is 1.29. The van der Waals surface area contributed by atoms with Crippen LogP contribution in [0.5, 0.6) is 0 Å². The third-order valence-electron chi connectivity index (χ3n) is 2.33. The van der Waals surface area contributed by atoms with Gasteiger partial charge in [0.15, 0.2) is 5.01 Å². The molecule has 1 heterocycles. The van der Waals surface area contributed by atoms with E-state index in [4.69, 9.17) is 5.73 Å². The van der Waals surface area contributed by atoms with Crippen molar-refractivity contribution >= 4 is 17.2 Å². The fourth-order valence-corrected chi connectivity index (χ4v) is 2.08. The summed E-state index contributed by atoms with van der Waals surface area (Å²) in [4.78, 5) is 15.9. The van der Waals surface area contributed by atoms with Crippen LogP contribution in [-0.2, 0) is 0 Å². The van der Waals surface area contributed by atoms with E-state index in [1.807, 2.05) is 0 Å². The van der Waals surface area contributed by atoms with Gasteiger partial charge >= 0.3 is 0 Å². The highest BCUT2D eigenvalue weighted by Gasteiger charge is 2.12. The third-order valence-corrected chi connectivity index (χ3v) is 3.53. The van der Waals surface area contributed by atoms with Gasteiger partial charge in [0.05, 0.1) is 0 Å². The van der Waals surface area contributed by atoms with E-state index in [2.05, 4.69) is 31.1 Å². The number of primary amides is 1. The second-order valence-corrected chi connectivity index (χ2v) is 5.35. The van der Waals surface area contributed by atoms with E-state index in [1.165, 1.54) is 11.3 Å². The molecule has 1 rings (SSSR count). The lowest BCUT2D eigenvalue weighted by atomic mass is 10.1. The molecule has 4 nitrogen and oxygen atoms in total. The zero-order valence-electron chi connectivity index (χ0n) is 9.99. The van der Waals surface area contributed by atoms with E-state index in [1.54, 1.807) is 6.20 Å². The van der Waals surface area contributed by atoms with Gasteiger partial charge in [0, 0.05) is 17.1 Å². The maximum Gasteiger partial charge on any atom is 0.277 e. The van der Waals surface area contributed by atoms with Gasteiger partial charge in [0.2, 0.25) is 0 Å². The van der Waals surface area contributed by atoms with Gasteiger partial charge in [-0.2, -0.15) is 0 Å². The number of hydrogen-bond acceptors (Lipinski definition) is 4. The molecule has 0 spiro atoms. The molecule has 0 fully saturated rings. The molecule has 1 unspecified atom stereocenters. The lowest BCUT2D eigenvalue weighted by Gasteiger charge is -2.12. The molecule has 0 bridgehead atoms. The van der Waals surface area contributed by atoms with Crippen LogP contribution in [0, 0.1) is 5.92 Å². The van der Waals surface area contributed by atoms with Crippen molar-refractivity contribution in [3.8, 4) is 0 Å². The third kappa shape index (κ3) is 3.90. The van der Waals surface area contributed by atoms with E-state index < -0.39 is 5.91 Å². The Bertz CT molecular complexity index is 349. The molecule has 1 amide bonds. The quantitative estimate of drug-likeness (QED) is 0.799. The average molecular weight is 241 g/mol. The number of nitrogens with one attached hydrogen (secondary N) is 1. The summed E-state index contributed by atoms with van der Waals surface area (Å²) in [6.07, 6.45) is 2.86. The molecule has 0 aliphatic rings. The number of nitrogens with two attached hydrogens (primary N) is 1. The van der Waals surface area contributed by atoms with Gasteiger partial charge in [0.25, 0.3) is 5.91 Å². The van der Waals surface area contributed by atoms with E-state index in [0.29, 0.717) is 10.9 Å². The summed E-state index contributed by atoms with van der Waals surface area (Å²) < 4.78 is 0. The van der Waals surface area contributed by atoms with Crippen LogP contribution < -0.4 is 11.1 Å². The maximum absolute atomic E-state index is 10.9. The first-order valence-electron chi connectivity index (χ1n) is 5.49. The molecule has 0 aliphatic carbocycles. The van der Waals surface area contributed by atoms with Crippen LogP contribution >= 0.6 is 11.3 Å². The minimum Gasteiger partial charge on any atom is -0.364 e. The summed E-state index contributed by atoms with van der Waals surface area (Å²) in [7, 11) is 0. The maximum atomic E-state index is 10.9. The summed E-state index contributed by atoms with van der Waals surface area (Å²) in [6.45, 7) is 7.44. The minimum absolute atomic E-state index is 0.226. The summed E-state index contributed by atoms with van der Waals surface area (Å²) in [5.41, 5.74) is 5.16. The molecule has 3 N–H and O–H groups in total. The molecule has 0 saturated heterocycles. The van der Waals surface area contributed by atoms with Crippen molar-refractivity contribution in [2.24, 2.45) is 11.7 Å². The Morgan fingerprint density at radius 3 is 2.75 bits per heavy atom. The van der Waals surface area contributed by atoms with Crippen molar-refractivity contribution in [2.75, 3.05) is 6.54 Å². The summed E-state index contributed by atoms with van der Waals surface area (Å²) >= 11 is 1.36. The Balaban J connectivity index is 2.46. The average Bonchev–Trinajstić information content (AvgIpc) is 2.65. The van der Waals surface area contributed by atoms with E-state index in [-0.39, 0.29) is 6.04 Å². The molecule has 5 heteroatoms. The van der Waals surface area contributed by atoms with Gasteiger partial charge in [-0.05, 0) is 25.8 Å². The summed E-state index contributed by atoms with van der Waals surface area (Å²) in [5.74, 6) is 0.243. The van der Waals surface area contributed by atoms with E-state index in [9.17, 15) is 4.79 Å². The van der Waals surface area contributed by atoms with E-state index in [0.717, 1.165) is 17.8 Å². The van der Waals surface area contributed by atoms with Crippen molar-refractivity contribution in [3.63, 3.8) is 0 Å². The van der Waals surface area contributed by atoms with Gasteiger partial charge in [-0.1, -0.05) is 13.8 Å². The highest BCUT2D eigenvalue weighted by atomic mass is 32.1. The smallest absolute Gasteiger partial charge is 0.277 e. The van der Waals surface area contributed by atoms with Gasteiger partial charge in [-0.3, -0.25) is 4.79 Å². The van der Waals surface area contributed by atoms with Crippen LogP contribution in [0.2, 0.25) is 0 Å². The van der Waals surface area contributed by atoms with E-state index >= 15 is 0 Å². The van der Waals surface area contributed by atoms with Crippen LogP contribution in [0.1, 0.15) is 47.9 Å². The highest BCUT2D eigenvalue weighted by Crippen LogP contribution is 2.20. The minimum atomic E-state index is -0.453. The molecular formula is C11H19N3OS. The number of carbonyl (C=O) groups excluding carboxylic acids is 1. The number of rotatable bonds is 6. The van der Waals surface area contributed by atoms with Crippen molar-refractivity contribution in [2.45, 2.75) is 33.2 Å². The van der Waals surface area contributed by atoms with Crippen LogP contribution in [-0.4, -0.2) is 17.4 Å². The predicted octanol–water partition coefficient (Wildman–Crippen LogP) is 1.94. The Labute approximate surface area is 100 Å². The first-order valence-corrected chi connectivity index (χ1v) is 6.31. The van der Waals surface area contributed by atoms with Crippen molar-refractivity contribution in [1.29, 1.82) is 0 Å². The molecule has 1 atom stereocenters. The Hall–Kier alpha value is -0.940. The normalized spacial score (nSPS) is 13.0. The molecule has 0 radical (unpaired) electrons. The Morgan fingerprint density at radius 2 is 2.25 bits per heavy atom. The second-order valence-electron chi connectivity index (χ2n) is 4.29. The predicted molar refractivity (Wildman–Crippen MR) is 66.5 cm³/mol. The van der Waals surface area contributed by atoms with Crippen molar-refractivity contribution < 1.29 is 4.79 Å². The molecule has 1 aromatic rings. The number of amides is 1. The standard InChI is InChI=1S/C11H19N3OS/c1-7(2)4-5-13-8(3)9-6-14-11(16-9)10(12)15/h6-8,13H,4-5H2,1-3H3,(H2,12,15). The van der Waals surface area contributed by atoms with Crippen molar-refractivity contribution in [3.05, 3.63) is 16.1 Å². The van der Waals surface area contributed by atoms with Crippen molar-refractivity contribution in [1.82, 2.24) is 10.3 Å². The molecule has 0 aliphatic heterocycles. The number of carbonyl (C=O) groups is 1. The second kappa shape index (κ2) is 5.96.